The number of hydrogen-bond acceptors (Lipinski definition) is 3. The van der Waals surface area contributed by atoms with Crippen LogP contribution >= 0.6 is 0 Å². The van der Waals surface area contributed by atoms with Crippen LogP contribution in [0.4, 0.5) is 0 Å². The van der Waals surface area contributed by atoms with Gasteiger partial charge in [-0.3, -0.25) is 5.32 Å². The summed E-state index contributed by atoms with van der Waals surface area (Å²) in [5.74, 6) is 0.875. The molecule has 0 radical (unpaired) electrons. The van der Waals surface area contributed by atoms with E-state index in [2.05, 4.69) is 30.4 Å². The SMILES string of the molecule is CCCCc1ccc(OCCC(C)(C#N)NC(C)C)cc1. The minimum Gasteiger partial charge on any atom is -0.493 e. The highest BCUT2D eigenvalue weighted by Gasteiger charge is 2.24. The van der Waals surface area contributed by atoms with Gasteiger partial charge in [-0.2, -0.15) is 5.26 Å². The molecular weight excluding hydrogens is 260 g/mol. The van der Waals surface area contributed by atoms with Crippen LogP contribution in [0, 0.1) is 11.3 Å². The van der Waals surface area contributed by atoms with Gasteiger partial charge in [0.2, 0.25) is 0 Å². The van der Waals surface area contributed by atoms with E-state index >= 15 is 0 Å². The Balaban J connectivity index is 2.43. The number of unbranched alkanes of at least 4 members (excludes halogenated alkanes) is 1. The molecule has 0 saturated heterocycles. The molecule has 1 atom stereocenters. The van der Waals surface area contributed by atoms with Crippen LogP contribution in [-0.4, -0.2) is 18.2 Å². The zero-order valence-corrected chi connectivity index (χ0v) is 13.8. The quantitative estimate of drug-likeness (QED) is 0.744. The molecule has 1 N–H and O–H groups in total. The Hall–Kier alpha value is -1.53. The van der Waals surface area contributed by atoms with Crippen LogP contribution in [-0.2, 0) is 6.42 Å². The van der Waals surface area contributed by atoms with E-state index in [4.69, 9.17) is 4.74 Å². The monoisotopic (exact) mass is 288 g/mol. The highest BCUT2D eigenvalue weighted by Crippen LogP contribution is 2.16. The maximum Gasteiger partial charge on any atom is 0.119 e. The number of aryl methyl sites for hydroxylation is 1. The highest BCUT2D eigenvalue weighted by atomic mass is 16.5. The van der Waals surface area contributed by atoms with Crippen molar-refractivity contribution in [2.24, 2.45) is 0 Å². The standard InChI is InChI=1S/C18H28N2O/c1-5-6-7-16-8-10-17(11-9-16)21-13-12-18(4,14-19)20-15(2)3/h8-11,15,20H,5-7,12-13H2,1-4H3. The molecule has 0 saturated carbocycles. The lowest BCUT2D eigenvalue weighted by molar-refractivity contribution is 0.260. The predicted molar refractivity (Wildman–Crippen MR) is 87.5 cm³/mol. The number of benzene rings is 1. The summed E-state index contributed by atoms with van der Waals surface area (Å²) in [5, 5.41) is 12.6. The molecule has 3 nitrogen and oxygen atoms in total. The minimum atomic E-state index is -0.533. The van der Waals surface area contributed by atoms with Crippen LogP contribution in [0.25, 0.3) is 0 Å². The predicted octanol–water partition coefficient (Wildman–Crippen LogP) is 4.08. The molecule has 0 aliphatic carbocycles. The van der Waals surface area contributed by atoms with Crippen molar-refractivity contribution in [3.05, 3.63) is 29.8 Å². The van der Waals surface area contributed by atoms with Gasteiger partial charge in [-0.1, -0.05) is 25.5 Å². The average molecular weight is 288 g/mol. The molecular formula is C18H28N2O. The summed E-state index contributed by atoms with van der Waals surface area (Å²) < 4.78 is 5.75. The molecule has 0 aliphatic rings. The Kier molecular flexibility index (Phi) is 7.25. The van der Waals surface area contributed by atoms with Gasteiger partial charge in [0.1, 0.15) is 11.3 Å². The van der Waals surface area contributed by atoms with E-state index in [1.54, 1.807) is 0 Å². The zero-order valence-electron chi connectivity index (χ0n) is 13.8. The second-order valence-corrected chi connectivity index (χ2v) is 6.09. The minimum absolute atomic E-state index is 0.285. The normalized spacial score (nSPS) is 13.7. The van der Waals surface area contributed by atoms with Crippen molar-refractivity contribution in [3.8, 4) is 11.8 Å². The smallest absolute Gasteiger partial charge is 0.119 e. The third-order valence-electron chi connectivity index (χ3n) is 3.47. The van der Waals surface area contributed by atoms with Gasteiger partial charge < -0.3 is 4.74 Å². The Bertz CT molecular complexity index is 447. The van der Waals surface area contributed by atoms with Crippen molar-refractivity contribution < 1.29 is 4.74 Å². The summed E-state index contributed by atoms with van der Waals surface area (Å²) in [7, 11) is 0. The van der Waals surface area contributed by atoms with E-state index in [0.717, 1.165) is 12.2 Å². The first-order valence-corrected chi connectivity index (χ1v) is 7.90. The molecule has 0 spiro atoms. The fourth-order valence-electron chi connectivity index (χ4n) is 2.30. The molecule has 21 heavy (non-hydrogen) atoms. The van der Waals surface area contributed by atoms with Crippen molar-refractivity contribution in [3.63, 3.8) is 0 Å². The molecule has 1 aromatic rings. The topological polar surface area (TPSA) is 45.0 Å². The van der Waals surface area contributed by atoms with Gasteiger partial charge in [0.25, 0.3) is 0 Å². The van der Waals surface area contributed by atoms with E-state index in [0.29, 0.717) is 13.0 Å². The Morgan fingerprint density at radius 2 is 1.95 bits per heavy atom. The number of nitriles is 1. The lowest BCUT2D eigenvalue weighted by Gasteiger charge is -2.25. The lowest BCUT2D eigenvalue weighted by Crippen LogP contribution is -2.45. The number of ether oxygens (including phenoxy) is 1. The summed E-state index contributed by atoms with van der Waals surface area (Å²) >= 11 is 0. The van der Waals surface area contributed by atoms with Gasteiger partial charge >= 0.3 is 0 Å². The van der Waals surface area contributed by atoms with Gasteiger partial charge in [0, 0.05) is 12.5 Å². The van der Waals surface area contributed by atoms with Crippen molar-refractivity contribution in [1.82, 2.24) is 5.32 Å². The largest absolute Gasteiger partial charge is 0.493 e. The molecule has 1 unspecified atom stereocenters. The number of nitrogens with zero attached hydrogens (tertiary/aromatic N) is 1. The number of hydrogen-bond donors (Lipinski definition) is 1. The Morgan fingerprint density at radius 3 is 2.48 bits per heavy atom. The van der Waals surface area contributed by atoms with E-state index in [9.17, 15) is 5.26 Å². The van der Waals surface area contributed by atoms with Crippen molar-refractivity contribution >= 4 is 0 Å². The highest BCUT2D eigenvalue weighted by molar-refractivity contribution is 5.27. The Morgan fingerprint density at radius 1 is 1.29 bits per heavy atom. The molecule has 0 aromatic heterocycles. The van der Waals surface area contributed by atoms with E-state index in [1.165, 1.54) is 18.4 Å². The summed E-state index contributed by atoms with van der Waals surface area (Å²) in [6.07, 6.45) is 4.23. The van der Waals surface area contributed by atoms with Gasteiger partial charge in [-0.15, -0.1) is 0 Å². The first-order valence-electron chi connectivity index (χ1n) is 7.90. The first-order chi connectivity index (χ1) is 9.99. The van der Waals surface area contributed by atoms with Crippen LogP contribution < -0.4 is 10.1 Å². The van der Waals surface area contributed by atoms with Crippen molar-refractivity contribution in [1.29, 1.82) is 5.26 Å². The van der Waals surface area contributed by atoms with E-state index < -0.39 is 5.54 Å². The zero-order chi connectivity index (χ0) is 15.7. The summed E-state index contributed by atoms with van der Waals surface area (Å²) in [4.78, 5) is 0. The molecule has 0 aliphatic heterocycles. The maximum atomic E-state index is 9.28. The maximum absolute atomic E-state index is 9.28. The molecule has 1 aromatic carbocycles. The van der Waals surface area contributed by atoms with Crippen LogP contribution in [0.1, 0.15) is 52.5 Å². The van der Waals surface area contributed by atoms with Crippen LogP contribution in [0.3, 0.4) is 0 Å². The molecule has 116 valence electrons. The number of nitrogens with one attached hydrogen (secondary N) is 1. The molecule has 1 rings (SSSR count). The Labute approximate surface area is 129 Å². The molecule has 3 heteroatoms. The van der Waals surface area contributed by atoms with Gasteiger partial charge in [-0.05, 0) is 51.3 Å². The van der Waals surface area contributed by atoms with Crippen molar-refractivity contribution in [2.45, 2.75) is 65.0 Å². The summed E-state index contributed by atoms with van der Waals surface area (Å²) in [6, 6.07) is 10.9. The number of rotatable bonds is 9. The summed E-state index contributed by atoms with van der Waals surface area (Å²) in [5.41, 5.74) is 0.822. The molecule has 0 bridgehead atoms. The third-order valence-corrected chi connectivity index (χ3v) is 3.47. The second kappa shape index (κ2) is 8.69. The molecule has 0 amide bonds. The summed E-state index contributed by atoms with van der Waals surface area (Å²) in [6.45, 7) is 8.76. The van der Waals surface area contributed by atoms with Gasteiger partial charge in [0.15, 0.2) is 0 Å². The van der Waals surface area contributed by atoms with Gasteiger partial charge in [0.05, 0.1) is 12.7 Å². The fraction of sp³-hybridized carbons (Fsp3) is 0.611. The van der Waals surface area contributed by atoms with E-state index in [-0.39, 0.29) is 6.04 Å². The average Bonchev–Trinajstić information content (AvgIpc) is 2.45. The van der Waals surface area contributed by atoms with Crippen LogP contribution in [0.15, 0.2) is 24.3 Å². The third kappa shape index (κ3) is 6.64. The van der Waals surface area contributed by atoms with Crippen LogP contribution in [0.2, 0.25) is 0 Å². The van der Waals surface area contributed by atoms with Gasteiger partial charge in [-0.25, -0.2) is 0 Å². The second-order valence-electron chi connectivity index (χ2n) is 6.09. The van der Waals surface area contributed by atoms with E-state index in [1.807, 2.05) is 32.9 Å². The first kappa shape index (κ1) is 17.5. The van der Waals surface area contributed by atoms with Crippen LogP contribution in [0.5, 0.6) is 5.75 Å². The molecule has 0 heterocycles. The van der Waals surface area contributed by atoms with Crippen molar-refractivity contribution in [2.75, 3.05) is 6.61 Å². The molecule has 0 fully saturated rings. The fourth-order valence-corrected chi connectivity index (χ4v) is 2.30. The lowest BCUT2D eigenvalue weighted by atomic mass is 9.99.